The predicted molar refractivity (Wildman–Crippen MR) is 119 cm³/mol. The van der Waals surface area contributed by atoms with Gasteiger partial charge in [0.05, 0.1) is 0 Å². The Morgan fingerprint density at radius 2 is 1.52 bits per heavy atom. The Balaban J connectivity index is 3.78. The number of aliphatic carboxylic acids is 1. The topological polar surface area (TPSA) is 37.3 Å². The van der Waals surface area contributed by atoms with Crippen LogP contribution in [0.1, 0.15) is 85.5 Å². The van der Waals surface area contributed by atoms with Gasteiger partial charge in [-0.1, -0.05) is 95.6 Å². The lowest BCUT2D eigenvalue weighted by Crippen LogP contribution is -2.09. The SMILES string of the molecule is CCCCCC(C)/C=C/C=C\C/C=C\C/C=C\CC(C)C(C)CCC(=O)O. The van der Waals surface area contributed by atoms with E-state index in [4.69, 9.17) is 5.11 Å². The van der Waals surface area contributed by atoms with Crippen molar-refractivity contribution >= 4 is 5.97 Å². The van der Waals surface area contributed by atoms with Gasteiger partial charge in [0.1, 0.15) is 0 Å². The normalized spacial score (nSPS) is 16.0. The molecule has 1 N–H and O–H groups in total. The summed E-state index contributed by atoms with van der Waals surface area (Å²) in [4.78, 5) is 10.6. The average molecular weight is 375 g/mol. The van der Waals surface area contributed by atoms with Crippen LogP contribution in [-0.4, -0.2) is 11.1 Å². The first-order valence-corrected chi connectivity index (χ1v) is 10.8. The summed E-state index contributed by atoms with van der Waals surface area (Å²) >= 11 is 0. The van der Waals surface area contributed by atoms with Crippen molar-refractivity contribution in [3.63, 3.8) is 0 Å². The molecule has 0 fully saturated rings. The Morgan fingerprint density at radius 1 is 0.852 bits per heavy atom. The van der Waals surface area contributed by atoms with E-state index in [9.17, 15) is 4.79 Å². The molecule has 154 valence electrons. The van der Waals surface area contributed by atoms with E-state index in [-0.39, 0.29) is 6.42 Å². The molecule has 0 aromatic rings. The molecule has 0 amide bonds. The van der Waals surface area contributed by atoms with Gasteiger partial charge in [0.15, 0.2) is 0 Å². The van der Waals surface area contributed by atoms with Crippen LogP contribution in [0.3, 0.4) is 0 Å². The maximum absolute atomic E-state index is 10.6. The van der Waals surface area contributed by atoms with Crippen molar-refractivity contribution < 1.29 is 9.90 Å². The molecule has 0 aromatic heterocycles. The molecule has 0 aliphatic heterocycles. The van der Waals surface area contributed by atoms with Crippen LogP contribution in [-0.2, 0) is 4.79 Å². The summed E-state index contributed by atoms with van der Waals surface area (Å²) in [6.07, 6.45) is 26.9. The van der Waals surface area contributed by atoms with Crippen molar-refractivity contribution in [2.24, 2.45) is 17.8 Å². The van der Waals surface area contributed by atoms with Gasteiger partial charge in [0.2, 0.25) is 0 Å². The third kappa shape index (κ3) is 17.6. The first-order valence-electron chi connectivity index (χ1n) is 10.8. The molecular formula is C25H42O2. The van der Waals surface area contributed by atoms with Gasteiger partial charge in [-0.15, -0.1) is 0 Å². The molecule has 0 saturated heterocycles. The zero-order chi connectivity index (χ0) is 20.3. The molecule has 2 heteroatoms. The van der Waals surface area contributed by atoms with Crippen molar-refractivity contribution in [1.82, 2.24) is 0 Å². The number of hydrogen-bond donors (Lipinski definition) is 1. The molecular weight excluding hydrogens is 332 g/mol. The zero-order valence-electron chi connectivity index (χ0n) is 18.1. The lowest BCUT2D eigenvalue weighted by molar-refractivity contribution is -0.137. The third-order valence-electron chi connectivity index (χ3n) is 5.12. The van der Waals surface area contributed by atoms with Crippen LogP contribution in [0, 0.1) is 17.8 Å². The summed E-state index contributed by atoms with van der Waals surface area (Å²) < 4.78 is 0. The molecule has 0 spiro atoms. The number of allylic oxidation sites excluding steroid dienone is 8. The summed E-state index contributed by atoms with van der Waals surface area (Å²) in [6.45, 7) is 8.89. The van der Waals surface area contributed by atoms with E-state index in [1.807, 2.05) is 0 Å². The van der Waals surface area contributed by atoms with Gasteiger partial charge in [-0.05, 0) is 49.9 Å². The molecule has 0 rings (SSSR count). The molecule has 0 radical (unpaired) electrons. The monoisotopic (exact) mass is 374 g/mol. The molecule has 3 atom stereocenters. The van der Waals surface area contributed by atoms with E-state index >= 15 is 0 Å². The maximum atomic E-state index is 10.6. The van der Waals surface area contributed by atoms with E-state index in [0.29, 0.717) is 17.8 Å². The van der Waals surface area contributed by atoms with Crippen molar-refractivity contribution in [3.05, 3.63) is 48.6 Å². The Kier molecular flexibility index (Phi) is 16.8. The second kappa shape index (κ2) is 17.8. The number of unbranched alkanes of at least 4 members (excludes halogenated alkanes) is 2. The minimum Gasteiger partial charge on any atom is -0.481 e. The Labute approximate surface area is 168 Å². The second-order valence-corrected chi connectivity index (χ2v) is 7.82. The largest absolute Gasteiger partial charge is 0.481 e. The Bertz CT molecular complexity index is 471. The maximum Gasteiger partial charge on any atom is 0.303 e. The van der Waals surface area contributed by atoms with Crippen LogP contribution >= 0.6 is 0 Å². The lowest BCUT2D eigenvalue weighted by atomic mass is 9.89. The van der Waals surface area contributed by atoms with Crippen LogP contribution in [0.15, 0.2) is 48.6 Å². The van der Waals surface area contributed by atoms with Gasteiger partial charge < -0.3 is 5.11 Å². The van der Waals surface area contributed by atoms with E-state index in [1.165, 1.54) is 25.7 Å². The fourth-order valence-corrected chi connectivity index (χ4v) is 2.85. The number of rotatable bonds is 16. The van der Waals surface area contributed by atoms with E-state index in [0.717, 1.165) is 25.7 Å². The predicted octanol–water partition coefficient (Wildman–Crippen LogP) is 7.73. The summed E-state index contributed by atoms with van der Waals surface area (Å²) in [5.74, 6) is 0.967. The molecule has 0 bridgehead atoms. The molecule has 0 saturated carbocycles. The second-order valence-electron chi connectivity index (χ2n) is 7.82. The molecule has 27 heavy (non-hydrogen) atoms. The zero-order valence-corrected chi connectivity index (χ0v) is 18.1. The highest BCUT2D eigenvalue weighted by Gasteiger charge is 2.12. The smallest absolute Gasteiger partial charge is 0.303 e. The van der Waals surface area contributed by atoms with Crippen molar-refractivity contribution in [1.29, 1.82) is 0 Å². The fraction of sp³-hybridized carbons (Fsp3) is 0.640. The standard InChI is InChI=1S/C25H42O2/c1-5-6-14-17-22(2)18-15-12-10-8-7-9-11-13-16-19-23(3)24(4)20-21-25(26)27/h7,9-10,12-13,15-16,18,22-24H,5-6,8,11,14,17,19-21H2,1-4H3,(H,26,27)/b9-7-,12-10-,16-13-,18-15+. The lowest BCUT2D eigenvalue weighted by Gasteiger charge is -2.17. The summed E-state index contributed by atoms with van der Waals surface area (Å²) in [5, 5.41) is 8.74. The summed E-state index contributed by atoms with van der Waals surface area (Å²) in [5.41, 5.74) is 0. The molecule has 0 heterocycles. The minimum atomic E-state index is -0.694. The number of hydrogen-bond acceptors (Lipinski definition) is 1. The van der Waals surface area contributed by atoms with Crippen LogP contribution in [0.4, 0.5) is 0 Å². The minimum absolute atomic E-state index is 0.276. The highest BCUT2D eigenvalue weighted by Crippen LogP contribution is 2.20. The van der Waals surface area contributed by atoms with Crippen LogP contribution < -0.4 is 0 Å². The quantitative estimate of drug-likeness (QED) is 0.170. The molecule has 2 nitrogen and oxygen atoms in total. The van der Waals surface area contributed by atoms with Gasteiger partial charge in [0.25, 0.3) is 0 Å². The third-order valence-corrected chi connectivity index (χ3v) is 5.12. The fourth-order valence-electron chi connectivity index (χ4n) is 2.85. The molecule has 0 aromatic carbocycles. The highest BCUT2D eigenvalue weighted by molar-refractivity contribution is 5.66. The Hall–Kier alpha value is -1.57. The molecule has 3 unspecified atom stereocenters. The van der Waals surface area contributed by atoms with Gasteiger partial charge in [-0.3, -0.25) is 4.79 Å². The van der Waals surface area contributed by atoms with E-state index < -0.39 is 5.97 Å². The summed E-state index contributed by atoms with van der Waals surface area (Å²) in [6, 6.07) is 0. The molecule has 0 aliphatic rings. The number of carboxylic acid groups (broad SMARTS) is 1. The first-order chi connectivity index (χ1) is 13.0. The molecule has 0 aliphatic carbocycles. The van der Waals surface area contributed by atoms with E-state index in [1.54, 1.807) is 0 Å². The van der Waals surface area contributed by atoms with Crippen molar-refractivity contribution in [3.8, 4) is 0 Å². The van der Waals surface area contributed by atoms with Gasteiger partial charge in [-0.25, -0.2) is 0 Å². The van der Waals surface area contributed by atoms with E-state index in [2.05, 4.69) is 76.3 Å². The average Bonchev–Trinajstić information content (AvgIpc) is 2.64. The van der Waals surface area contributed by atoms with Crippen molar-refractivity contribution in [2.45, 2.75) is 85.5 Å². The Morgan fingerprint density at radius 3 is 2.19 bits per heavy atom. The summed E-state index contributed by atoms with van der Waals surface area (Å²) in [7, 11) is 0. The number of carboxylic acids is 1. The van der Waals surface area contributed by atoms with Crippen LogP contribution in [0.5, 0.6) is 0 Å². The van der Waals surface area contributed by atoms with Gasteiger partial charge in [-0.2, -0.15) is 0 Å². The van der Waals surface area contributed by atoms with Crippen LogP contribution in [0.2, 0.25) is 0 Å². The van der Waals surface area contributed by atoms with Crippen molar-refractivity contribution in [2.75, 3.05) is 0 Å². The van der Waals surface area contributed by atoms with Crippen LogP contribution in [0.25, 0.3) is 0 Å². The van der Waals surface area contributed by atoms with Gasteiger partial charge >= 0.3 is 5.97 Å². The highest BCUT2D eigenvalue weighted by atomic mass is 16.4. The number of carbonyl (C=O) groups is 1. The van der Waals surface area contributed by atoms with Gasteiger partial charge in [0, 0.05) is 6.42 Å². The first kappa shape index (κ1) is 25.4.